The molecule has 0 fully saturated rings. The first kappa shape index (κ1) is 15.1. The number of aromatic nitrogens is 1. The molecule has 0 saturated carbocycles. The average Bonchev–Trinajstić information content (AvgIpc) is 2.70. The second kappa shape index (κ2) is 6.02. The highest BCUT2D eigenvalue weighted by Crippen LogP contribution is 2.29. The zero-order valence-electron chi connectivity index (χ0n) is 12.6. The van der Waals surface area contributed by atoms with Gasteiger partial charge in [0.2, 0.25) is 0 Å². The second-order valence-electron chi connectivity index (χ2n) is 5.46. The molecule has 1 atom stereocenters. The summed E-state index contributed by atoms with van der Waals surface area (Å²) in [6.45, 7) is 10.1. The van der Waals surface area contributed by atoms with Crippen molar-refractivity contribution in [1.29, 1.82) is 0 Å². The van der Waals surface area contributed by atoms with Gasteiger partial charge in [-0.3, -0.25) is 0 Å². The quantitative estimate of drug-likeness (QED) is 0.909. The van der Waals surface area contributed by atoms with E-state index in [1.807, 2.05) is 19.1 Å². The summed E-state index contributed by atoms with van der Waals surface area (Å²) in [6.07, 6.45) is 0. The first-order chi connectivity index (χ1) is 9.38. The number of hydrogen-bond acceptors (Lipinski definition) is 3. The van der Waals surface area contributed by atoms with E-state index < -0.39 is 0 Å². The maximum absolute atomic E-state index is 13.5. The van der Waals surface area contributed by atoms with Crippen LogP contribution in [0.15, 0.2) is 18.2 Å². The zero-order valence-corrected chi connectivity index (χ0v) is 13.4. The number of hydrogen-bond donors (Lipinski definition) is 1. The van der Waals surface area contributed by atoms with Gasteiger partial charge in [-0.1, -0.05) is 12.1 Å². The van der Waals surface area contributed by atoms with Gasteiger partial charge >= 0.3 is 0 Å². The van der Waals surface area contributed by atoms with Crippen LogP contribution in [0.25, 0.3) is 0 Å². The van der Waals surface area contributed by atoms with Crippen LogP contribution >= 0.6 is 11.3 Å². The Balaban J connectivity index is 2.43. The summed E-state index contributed by atoms with van der Waals surface area (Å²) in [4.78, 5) is 5.89. The number of halogens is 1. The molecule has 0 saturated heterocycles. The molecule has 1 unspecified atom stereocenters. The van der Waals surface area contributed by atoms with Gasteiger partial charge in [-0.15, -0.1) is 11.3 Å². The fraction of sp³-hybridized carbons (Fsp3) is 0.438. The molecular formula is C16H21FN2S. The maximum Gasteiger partial charge on any atom is 0.126 e. The molecule has 1 aromatic carbocycles. The predicted octanol–water partition coefficient (Wildman–Crippen LogP) is 4.29. The smallest absolute Gasteiger partial charge is 0.126 e. The van der Waals surface area contributed by atoms with Gasteiger partial charge in [0.15, 0.2) is 0 Å². The first-order valence-corrected chi connectivity index (χ1v) is 7.66. The van der Waals surface area contributed by atoms with E-state index in [4.69, 9.17) is 0 Å². The van der Waals surface area contributed by atoms with Crippen LogP contribution in [0.3, 0.4) is 0 Å². The molecule has 0 amide bonds. The molecule has 2 aromatic rings. The van der Waals surface area contributed by atoms with E-state index in [2.05, 4.69) is 31.1 Å². The molecule has 1 heterocycles. The maximum atomic E-state index is 13.5. The van der Waals surface area contributed by atoms with Crippen LogP contribution in [-0.2, 0) is 0 Å². The van der Waals surface area contributed by atoms with Crippen LogP contribution in [0.2, 0.25) is 0 Å². The highest BCUT2D eigenvalue weighted by atomic mass is 32.1. The second-order valence-corrected chi connectivity index (χ2v) is 6.69. The van der Waals surface area contributed by atoms with Crippen molar-refractivity contribution in [2.75, 3.05) is 0 Å². The van der Waals surface area contributed by atoms with E-state index in [1.54, 1.807) is 18.3 Å². The van der Waals surface area contributed by atoms with Crippen molar-refractivity contribution in [1.82, 2.24) is 10.3 Å². The van der Waals surface area contributed by atoms with E-state index in [-0.39, 0.29) is 11.9 Å². The number of benzene rings is 1. The van der Waals surface area contributed by atoms with Crippen LogP contribution < -0.4 is 5.32 Å². The first-order valence-electron chi connectivity index (χ1n) is 6.84. The van der Waals surface area contributed by atoms with E-state index in [1.165, 1.54) is 10.9 Å². The van der Waals surface area contributed by atoms with Crippen molar-refractivity contribution < 1.29 is 4.39 Å². The Morgan fingerprint density at radius 1 is 1.20 bits per heavy atom. The SMILES string of the molecule is Cc1cc(C(NC(C)C)c2nc(C)c(C)s2)ccc1F. The molecule has 108 valence electrons. The summed E-state index contributed by atoms with van der Waals surface area (Å²) in [6, 6.07) is 5.63. The highest BCUT2D eigenvalue weighted by Gasteiger charge is 2.20. The Bertz CT molecular complexity index is 585. The van der Waals surface area contributed by atoms with Gasteiger partial charge in [0.25, 0.3) is 0 Å². The molecule has 0 bridgehead atoms. The number of aryl methyl sites for hydroxylation is 3. The largest absolute Gasteiger partial charge is 0.302 e. The lowest BCUT2D eigenvalue weighted by Gasteiger charge is -2.20. The average molecular weight is 292 g/mol. The normalized spacial score (nSPS) is 12.9. The molecular weight excluding hydrogens is 271 g/mol. The molecule has 1 N–H and O–H groups in total. The Morgan fingerprint density at radius 2 is 1.90 bits per heavy atom. The van der Waals surface area contributed by atoms with Crippen LogP contribution in [0.4, 0.5) is 4.39 Å². The molecule has 0 aliphatic rings. The lowest BCUT2D eigenvalue weighted by atomic mass is 10.0. The molecule has 4 heteroatoms. The third kappa shape index (κ3) is 3.25. The van der Waals surface area contributed by atoms with Crippen molar-refractivity contribution in [3.8, 4) is 0 Å². The number of rotatable bonds is 4. The molecule has 1 aromatic heterocycles. The van der Waals surface area contributed by atoms with Crippen molar-refractivity contribution in [2.24, 2.45) is 0 Å². The Kier molecular flexibility index (Phi) is 4.55. The summed E-state index contributed by atoms with van der Waals surface area (Å²) in [5, 5.41) is 4.57. The predicted molar refractivity (Wildman–Crippen MR) is 82.8 cm³/mol. The van der Waals surface area contributed by atoms with Crippen LogP contribution in [-0.4, -0.2) is 11.0 Å². The minimum absolute atomic E-state index is 0.0201. The van der Waals surface area contributed by atoms with Crippen LogP contribution in [0.1, 0.15) is 46.6 Å². The van der Waals surface area contributed by atoms with Crippen molar-refractivity contribution in [3.63, 3.8) is 0 Å². The molecule has 2 rings (SSSR count). The summed E-state index contributed by atoms with van der Waals surface area (Å²) in [5.41, 5.74) is 2.80. The van der Waals surface area contributed by atoms with E-state index in [0.717, 1.165) is 16.3 Å². The minimum atomic E-state index is -0.163. The van der Waals surface area contributed by atoms with Crippen LogP contribution in [0, 0.1) is 26.6 Å². The molecule has 20 heavy (non-hydrogen) atoms. The van der Waals surface area contributed by atoms with E-state index in [0.29, 0.717) is 11.6 Å². The summed E-state index contributed by atoms with van der Waals surface area (Å²) in [7, 11) is 0. The number of nitrogens with one attached hydrogen (secondary N) is 1. The Labute approximate surface area is 124 Å². The van der Waals surface area contributed by atoms with Gasteiger partial charge in [0, 0.05) is 10.9 Å². The van der Waals surface area contributed by atoms with E-state index >= 15 is 0 Å². The monoisotopic (exact) mass is 292 g/mol. The molecule has 2 nitrogen and oxygen atoms in total. The molecule has 0 aliphatic heterocycles. The summed E-state index contributed by atoms with van der Waals surface area (Å²) >= 11 is 1.70. The summed E-state index contributed by atoms with van der Waals surface area (Å²) in [5.74, 6) is -0.163. The lowest BCUT2D eigenvalue weighted by molar-refractivity contribution is 0.525. The molecule has 0 aliphatic carbocycles. The van der Waals surface area contributed by atoms with Crippen molar-refractivity contribution in [2.45, 2.75) is 46.7 Å². The third-order valence-electron chi connectivity index (χ3n) is 3.31. The standard InChI is InChI=1S/C16H21FN2S/c1-9(2)18-15(16-19-11(4)12(5)20-16)13-6-7-14(17)10(3)8-13/h6-9,15,18H,1-5H3. The summed E-state index contributed by atoms with van der Waals surface area (Å²) < 4.78 is 13.5. The molecule has 0 spiro atoms. The van der Waals surface area contributed by atoms with Gasteiger partial charge in [-0.05, 0) is 51.8 Å². The van der Waals surface area contributed by atoms with Gasteiger partial charge in [-0.25, -0.2) is 9.37 Å². The Hall–Kier alpha value is -1.26. The fourth-order valence-electron chi connectivity index (χ4n) is 2.11. The Morgan fingerprint density at radius 3 is 2.40 bits per heavy atom. The third-order valence-corrected chi connectivity index (χ3v) is 4.45. The molecule has 0 radical (unpaired) electrons. The van der Waals surface area contributed by atoms with Crippen molar-refractivity contribution >= 4 is 11.3 Å². The minimum Gasteiger partial charge on any atom is -0.302 e. The van der Waals surface area contributed by atoms with E-state index in [9.17, 15) is 4.39 Å². The van der Waals surface area contributed by atoms with Crippen molar-refractivity contribution in [3.05, 3.63) is 50.7 Å². The van der Waals surface area contributed by atoms with Gasteiger partial charge in [-0.2, -0.15) is 0 Å². The van der Waals surface area contributed by atoms with Gasteiger partial charge in [0.1, 0.15) is 10.8 Å². The van der Waals surface area contributed by atoms with Gasteiger partial charge < -0.3 is 5.32 Å². The van der Waals surface area contributed by atoms with Crippen LogP contribution in [0.5, 0.6) is 0 Å². The zero-order chi connectivity index (χ0) is 14.9. The highest BCUT2D eigenvalue weighted by molar-refractivity contribution is 7.11. The number of nitrogens with zero attached hydrogens (tertiary/aromatic N) is 1. The number of thiazole rings is 1. The topological polar surface area (TPSA) is 24.9 Å². The lowest BCUT2D eigenvalue weighted by Crippen LogP contribution is -2.29. The fourth-order valence-corrected chi connectivity index (χ4v) is 3.12. The van der Waals surface area contributed by atoms with Gasteiger partial charge in [0.05, 0.1) is 11.7 Å².